The predicted octanol–water partition coefficient (Wildman–Crippen LogP) is 2.25. The first-order chi connectivity index (χ1) is 11.1. The number of aromatic carboxylic acids is 1. The quantitative estimate of drug-likeness (QED) is 0.869. The van der Waals surface area contributed by atoms with E-state index in [0.29, 0.717) is 6.61 Å². The van der Waals surface area contributed by atoms with Gasteiger partial charge in [-0.25, -0.2) is 4.79 Å². The van der Waals surface area contributed by atoms with Crippen LogP contribution < -0.4 is 5.32 Å². The molecular weight excluding hydrogens is 296 g/mol. The van der Waals surface area contributed by atoms with Crippen molar-refractivity contribution >= 4 is 11.9 Å². The molecule has 1 heterocycles. The zero-order valence-corrected chi connectivity index (χ0v) is 13.2. The van der Waals surface area contributed by atoms with Gasteiger partial charge in [-0.05, 0) is 38.3 Å². The summed E-state index contributed by atoms with van der Waals surface area (Å²) in [6.45, 7) is 2.69. The molecule has 1 aromatic heterocycles. The molecule has 2 unspecified atom stereocenters. The Balaban J connectivity index is 1.71. The smallest absolute Gasteiger partial charge is 0.335 e. The Bertz CT molecular complexity index is 610. The number of rotatable bonds is 5. The lowest BCUT2D eigenvalue weighted by Gasteiger charge is -2.54. The van der Waals surface area contributed by atoms with Crippen molar-refractivity contribution < 1.29 is 19.4 Å². The molecule has 1 aromatic rings. The standard InChI is InChI=1S/C17H22N2O4/c1-2-23-14-10-13(17(14)6-3-4-7-17)19-15(20)12-9-11(16(21)22)5-8-18-12/h5,8-9,13-14H,2-4,6-7,10H2,1H3,(H,19,20)(H,21,22). The molecule has 6 heteroatoms. The summed E-state index contributed by atoms with van der Waals surface area (Å²) in [5.74, 6) is -1.37. The minimum absolute atomic E-state index is 0.0517. The molecule has 23 heavy (non-hydrogen) atoms. The number of carbonyl (C=O) groups excluding carboxylic acids is 1. The van der Waals surface area contributed by atoms with Crippen molar-refractivity contribution in [2.45, 2.75) is 51.2 Å². The highest BCUT2D eigenvalue weighted by Crippen LogP contribution is 2.54. The largest absolute Gasteiger partial charge is 0.478 e. The minimum Gasteiger partial charge on any atom is -0.478 e. The molecule has 2 aliphatic carbocycles. The molecule has 0 saturated heterocycles. The lowest BCUT2D eigenvalue weighted by molar-refractivity contribution is -0.127. The van der Waals surface area contributed by atoms with E-state index in [4.69, 9.17) is 9.84 Å². The maximum atomic E-state index is 12.4. The molecule has 2 saturated carbocycles. The van der Waals surface area contributed by atoms with Gasteiger partial charge in [-0.2, -0.15) is 0 Å². The van der Waals surface area contributed by atoms with E-state index in [-0.39, 0.29) is 34.7 Å². The minimum atomic E-state index is -1.06. The van der Waals surface area contributed by atoms with E-state index in [1.807, 2.05) is 6.92 Å². The Labute approximate surface area is 135 Å². The van der Waals surface area contributed by atoms with E-state index in [9.17, 15) is 9.59 Å². The van der Waals surface area contributed by atoms with Gasteiger partial charge in [-0.15, -0.1) is 0 Å². The molecule has 0 bridgehead atoms. The van der Waals surface area contributed by atoms with Crippen LogP contribution in [0.1, 0.15) is 59.9 Å². The van der Waals surface area contributed by atoms with E-state index in [0.717, 1.165) is 19.3 Å². The third kappa shape index (κ3) is 2.83. The van der Waals surface area contributed by atoms with Crippen LogP contribution in [-0.2, 0) is 4.74 Å². The summed E-state index contributed by atoms with van der Waals surface area (Å²) in [7, 11) is 0. The number of nitrogens with one attached hydrogen (secondary N) is 1. The SMILES string of the molecule is CCOC1CC(NC(=O)c2cc(C(=O)O)ccn2)C12CCCC2. The highest BCUT2D eigenvalue weighted by atomic mass is 16.5. The Kier molecular flexibility index (Phi) is 4.35. The summed E-state index contributed by atoms with van der Waals surface area (Å²) in [6.07, 6.45) is 6.88. The average molecular weight is 318 g/mol. The zero-order chi connectivity index (χ0) is 16.4. The summed E-state index contributed by atoms with van der Waals surface area (Å²) >= 11 is 0. The van der Waals surface area contributed by atoms with Gasteiger partial charge in [-0.1, -0.05) is 12.8 Å². The number of aromatic nitrogens is 1. The highest BCUT2D eigenvalue weighted by Gasteiger charge is 2.57. The summed E-state index contributed by atoms with van der Waals surface area (Å²) in [5, 5.41) is 12.1. The van der Waals surface area contributed by atoms with Gasteiger partial charge in [0.25, 0.3) is 5.91 Å². The normalized spacial score (nSPS) is 25.1. The van der Waals surface area contributed by atoms with Crippen LogP contribution >= 0.6 is 0 Å². The molecule has 2 aliphatic rings. The van der Waals surface area contributed by atoms with Crippen LogP contribution in [0.5, 0.6) is 0 Å². The fourth-order valence-electron chi connectivity index (χ4n) is 4.01. The van der Waals surface area contributed by atoms with Crippen molar-refractivity contribution in [2.75, 3.05) is 6.61 Å². The Morgan fingerprint density at radius 3 is 2.83 bits per heavy atom. The van der Waals surface area contributed by atoms with Gasteiger partial charge in [-0.3, -0.25) is 9.78 Å². The fourth-order valence-corrected chi connectivity index (χ4v) is 4.01. The first-order valence-electron chi connectivity index (χ1n) is 8.18. The Morgan fingerprint density at radius 2 is 2.17 bits per heavy atom. The van der Waals surface area contributed by atoms with Gasteiger partial charge in [0.15, 0.2) is 0 Å². The van der Waals surface area contributed by atoms with Crippen molar-refractivity contribution in [3.05, 3.63) is 29.6 Å². The van der Waals surface area contributed by atoms with Crippen LogP contribution in [0.4, 0.5) is 0 Å². The number of hydrogen-bond donors (Lipinski definition) is 2. The third-order valence-corrected chi connectivity index (χ3v) is 5.23. The van der Waals surface area contributed by atoms with Crippen molar-refractivity contribution in [3.8, 4) is 0 Å². The maximum Gasteiger partial charge on any atom is 0.335 e. The Hall–Kier alpha value is -1.95. The average Bonchev–Trinajstić information content (AvgIpc) is 3.06. The molecule has 2 atom stereocenters. The molecule has 1 spiro atoms. The molecule has 124 valence electrons. The predicted molar refractivity (Wildman–Crippen MR) is 83.4 cm³/mol. The summed E-state index contributed by atoms with van der Waals surface area (Å²) in [5.41, 5.74) is 0.273. The second-order valence-corrected chi connectivity index (χ2v) is 6.38. The lowest BCUT2D eigenvalue weighted by Crippen LogP contribution is -2.63. The number of carboxylic acid groups (broad SMARTS) is 1. The van der Waals surface area contributed by atoms with Gasteiger partial charge in [0, 0.05) is 24.3 Å². The number of ether oxygens (including phenoxy) is 1. The van der Waals surface area contributed by atoms with Crippen LogP contribution in [-0.4, -0.2) is 40.7 Å². The molecular formula is C17H22N2O4. The van der Waals surface area contributed by atoms with Crippen molar-refractivity contribution in [3.63, 3.8) is 0 Å². The van der Waals surface area contributed by atoms with Crippen molar-refractivity contribution in [1.82, 2.24) is 10.3 Å². The van der Waals surface area contributed by atoms with E-state index in [1.165, 1.54) is 31.2 Å². The third-order valence-electron chi connectivity index (χ3n) is 5.23. The first kappa shape index (κ1) is 15.9. The second-order valence-electron chi connectivity index (χ2n) is 6.38. The summed E-state index contributed by atoms with van der Waals surface area (Å²) < 4.78 is 5.84. The van der Waals surface area contributed by atoms with Gasteiger partial charge >= 0.3 is 5.97 Å². The van der Waals surface area contributed by atoms with Crippen LogP contribution in [0.15, 0.2) is 18.3 Å². The van der Waals surface area contributed by atoms with Crippen LogP contribution in [0.3, 0.4) is 0 Å². The second kappa shape index (κ2) is 6.28. The van der Waals surface area contributed by atoms with Gasteiger partial charge < -0.3 is 15.2 Å². The van der Waals surface area contributed by atoms with Crippen molar-refractivity contribution in [2.24, 2.45) is 5.41 Å². The molecule has 1 amide bonds. The number of nitrogens with zero attached hydrogens (tertiary/aromatic N) is 1. The van der Waals surface area contributed by atoms with Gasteiger partial charge in [0.05, 0.1) is 11.7 Å². The fraction of sp³-hybridized carbons (Fsp3) is 0.588. The summed E-state index contributed by atoms with van der Waals surface area (Å²) in [6, 6.07) is 2.79. The number of carboxylic acids is 1. The van der Waals surface area contributed by atoms with Crippen LogP contribution in [0, 0.1) is 5.41 Å². The van der Waals surface area contributed by atoms with E-state index >= 15 is 0 Å². The van der Waals surface area contributed by atoms with Crippen LogP contribution in [0.25, 0.3) is 0 Å². The van der Waals surface area contributed by atoms with Crippen LogP contribution in [0.2, 0.25) is 0 Å². The molecule has 0 aliphatic heterocycles. The van der Waals surface area contributed by atoms with E-state index in [1.54, 1.807) is 0 Å². The molecule has 2 N–H and O–H groups in total. The zero-order valence-electron chi connectivity index (χ0n) is 13.2. The van der Waals surface area contributed by atoms with E-state index in [2.05, 4.69) is 10.3 Å². The number of amides is 1. The first-order valence-corrected chi connectivity index (χ1v) is 8.18. The molecule has 2 fully saturated rings. The summed E-state index contributed by atoms with van der Waals surface area (Å²) in [4.78, 5) is 27.4. The number of pyridine rings is 1. The number of hydrogen-bond acceptors (Lipinski definition) is 4. The number of carbonyl (C=O) groups is 2. The van der Waals surface area contributed by atoms with E-state index < -0.39 is 5.97 Å². The lowest BCUT2D eigenvalue weighted by atomic mass is 9.60. The monoisotopic (exact) mass is 318 g/mol. The van der Waals surface area contributed by atoms with Gasteiger partial charge in [0.1, 0.15) is 5.69 Å². The molecule has 3 rings (SSSR count). The highest BCUT2D eigenvalue weighted by molar-refractivity contribution is 5.96. The topological polar surface area (TPSA) is 88.5 Å². The molecule has 0 aromatic carbocycles. The molecule has 6 nitrogen and oxygen atoms in total. The maximum absolute atomic E-state index is 12.4. The van der Waals surface area contributed by atoms with Gasteiger partial charge in [0.2, 0.25) is 0 Å². The Morgan fingerprint density at radius 1 is 1.43 bits per heavy atom. The molecule has 0 radical (unpaired) electrons. The van der Waals surface area contributed by atoms with Crippen molar-refractivity contribution in [1.29, 1.82) is 0 Å².